The quantitative estimate of drug-likeness (QED) is 0.756. The van der Waals surface area contributed by atoms with Crippen LogP contribution >= 0.6 is 0 Å². The third kappa shape index (κ3) is 3.23. The molecule has 2 fully saturated rings. The second-order valence-electron chi connectivity index (χ2n) is 6.13. The first-order valence-electron chi connectivity index (χ1n) is 7.55. The van der Waals surface area contributed by atoms with Gasteiger partial charge in [0.25, 0.3) is 0 Å². The Morgan fingerprint density at radius 1 is 1.00 bits per heavy atom. The molecule has 0 saturated heterocycles. The first-order valence-corrected chi connectivity index (χ1v) is 7.55. The second kappa shape index (κ2) is 6.05. The number of nitrogens with one attached hydrogen (secondary N) is 1. The summed E-state index contributed by atoms with van der Waals surface area (Å²) in [7, 11) is 0. The largest absolute Gasteiger partial charge is 0.311 e. The first-order chi connectivity index (χ1) is 7.79. The summed E-state index contributed by atoms with van der Waals surface area (Å²) in [5.74, 6) is 2.00. The summed E-state index contributed by atoms with van der Waals surface area (Å²) in [6, 6.07) is 1.60. The molecule has 2 saturated carbocycles. The van der Waals surface area contributed by atoms with Crippen molar-refractivity contribution in [1.82, 2.24) is 5.32 Å². The molecule has 1 nitrogen and oxygen atoms in total. The smallest absolute Gasteiger partial charge is 0.00698 e. The minimum absolute atomic E-state index is 0.769. The highest BCUT2D eigenvalue weighted by Gasteiger charge is 2.25. The number of rotatable bonds is 4. The van der Waals surface area contributed by atoms with Crippen molar-refractivity contribution in [3.63, 3.8) is 0 Å². The van der Waals surface area contributed by atoms with Gasteiger partial charge in [-0.1, -0.05) is 26.2 Å². The predicted molar refractivity (Wildman–Crippen MR) is 70.6 cm³/mol. The Kier molecular flexibility index (Phi) is 4.69. The molecule has 2 rings (SSSR count). The van der Waals surface area contributed by atoms with Crippen molar-refractivity contribution in [3.8, 4) is 0 Å². The molecule has 0 aromatic heterocycles. The number of hydrogen-bond acceptors (Lipinski definition) is 1. The molecule has 0 bridgehead atoms. The molecule has 0 unspecified atom stereocenters. The van der Waals surface area contributed by atoms with Gasteiger partial charge in [-0.15, -0.1) is 0 Å². The molecular formula is C15H29N. The van der Waals surface area contributed by atoms with E-state index in [9.17, 15) is 0 Å². The lowest BCUT2D eigenvalue weighted by molar-refractivity contribution is 0.249. The Labute approximate surface area is 101 Å². The Morgan fingerprint density at radius 2 is 1.62 bits per heavy atom. The minimum Gasteiger partial charge on any atom is -0.311 e. The standard InChI is InChI=1S/C15H29N/c1-3-13-8-10-15(11-9-13)16-12(2)14-6-4-5-7-14/h12-16H,3-11H2,1-2H3/t12-,13?,15?/m1/s1. The van der Waals surface area contributed by atoms with Crippen LogP contribution in [0.2, 0.25) is 0 Å². The van der Waals surface area contributed by atoms with E-state index in [1.165, 1.54) is 57.8 Å². The maximum Gasteiger partial charge on any atom is 0.00698 e. The van der Waals surface area contributed by atoms with Crippen LogP contribution in [0.15, 0.2) is 0 Å². The molecule has 0 aromatic carbocycles. The Bertz CT molecular complexity index is 188. The zero-order chi connectivity index (χ0) is 11.4. The van der Waals surface area contributed by atoms with Gasteiger partial charge in [0.2, 0.25) is 0 Å². The van der Waals surface area contributed by atoms with Crippen LogP contribution in [0.5, 0.6) is 0 Å². The fourth-order valence-electron chi connectivity index (χ4n) is 3.70. The Balaban J connectivity index is 1.69. The van der Waals surface area contributed by atoms with Crippen LogP contribution in [0.25, 0.3) is 0 Å². The number of hydrogen-bond donors (Lipinski definition) is 1. The van der Waals surface area contributed by atoms with Crippen LogP contribution in [0.4, 0.5) is 0 Å². The average Bonchev–Trinajstić information content (AvgIpc) is 2.83. The van der Waals surface area contributed by atoms with Crippen LogP contribution < -0.4 is 5.32 Å². The van der Waals surface area contributed by atoms with Gasteiger partial charge in [-0.05, 0) is 57.3 Å². The summed E-state index contributed by atoms with van der Waals surface area (Å²) in [5, 5.41) is 3.91. The van der Waals surface area contributed by atoms with E-state index in [1.54, 1.807) is 0 Å². The van der Waals surface area contributed by atoms with Crippen molar-refractivity contribution >= 4 is 0 Å². The molecule has 0 aliphatic heterocycles. The van der Waals surface area contributed by atoms with Gasteiger partial charge in [0.1, 0.15) is 0 Å². The van der Waals surface area contributed by atoms with Crippen molar-refractivity contribution in [2.24, 2.45) is 11.8 Å². The van der Waals surface area contributed by atoms with E-state index in [-0.39, 0.29) is 0 Å². The van der Waals surface area contributed by atoms with Crippen molar-refractivity contribution in [1.29, 1.82) is 0 Å². The van der Waals surface area contributed by atoms with Crippen LogP contribution in [0, 0.1) is 11.8 Å². The lowest BCUT2D eigenvalue weighted by Gasteiger charge is -2.32. The monoisotopic (exact) mass is 223 g/mol. The molecule has 16 heavy (non-hydrogen) atoms. The zero-order valence-corrected chi connectivity index (χ0v) is 11.2. The van der Waals surface area contributed by atoms with E-state index in [0.717, 1.165) is 23.9 Å². The Hall–Kier alpha value is -0.0400. The van der Waals surface area contributed by atoms with Crippen LogP contribution in [0.1, 0.15) is 71.6 Å². The van der Waals surface area contributed by atoms with Crippen molar-refractivity contribution in [3.05, 3.63) is 0 Å². The van der Waals surface area contributed by atoms with Gasteiger partial charge in [0.15, 0.2) is 0 Å². The van der Waals surface area contributed by atoms with E-state index >= 15 is 0 Å². The van der Waals surface area contributed by atoms with E-state index < -0.39 is 0 Å². The highest BCUT2D eigenvalue weighted by Crippen LogP contribution is 2.30. The summed E-state index contributed by atoms with van der Waals surface area (Å²) in [4.78, 5) is 0. The molecule has 0 spiro atoms. The summed E-state index contributed by atoms with van der Waals surface area (Å²) in [6.45, 7) is 4.77. The van der Waals surface area contributed by atoms with Gasteiger partial charge >= 0.3 is 0 Å². The summed E-state index contributed by atoms with van der Waals surface area (Å²) in [5.41, 5.74) is 0. The fraction of sp³-hybridized carbons (Fsp3) is 1.00. The lowest BCUT2D eigenvalue weighted by Crippen LogP contribution is -2.42. The maximum atomic E-state index is 3.91. The first kappa shape index (κ1) is 12.4. The molecule has 2 aliphatic carbocycles. The molecule has 2 aliphatic rings. The molecule has 0 radical (unpaired) electrons. The summed E-state index contributed by atoms with van der Waals surface area (Å²) < 4.78 is 0. The normalized spacial score (nSPS) is 34.1. The van der Waals surface area contributed by atoms with Crippen molar-refractivity contribution < 1.29 is 0 Å². The molecule has 1 atom stereocenters. The zero-order valence-electron chi connectivity index (χ0n) is 11.2. The van der Waals surface area contributed by atoms with Gasteiger partial charge in [0, 0.05) is 12.1 Å². The van der Waals surface area contributed by atoms with Crippen molar-refractivity contribution in [2.45, 2.75) is 83.7 Å². The third-order valence-corrected chi connectivity index (χ3v) is 5.03. The Morgan fingerprint density at radius 3 is 2.19 bits per heavy atom. The van der Waals surface area contributed by atoms with E-state index in [2.05, 4.69) is 19.2 Å². The second-order valence-corrected chi connectivity index (χ2v) is 6.13. The predicted octanol–water partition coefficient (Wildman–Crippen LogP) is 4.12. The van der Waals surface area contributed by atoms with Gasteiger partial charge in [0.05, 0.1) is 0 Å². The summed E-state index contributed by atoms with van der Waals surface area (Å²) >= 11 is 0. The molecule has 0 aromatic rings. The van der Waals surface area contributed by atoms with E-state index in [4.69, 9.17) is 0 Å². The highest BCUT2D eigenvalue weighted by molar-refractivity contribution is 4.83. The molecule has 94 valence electrons. The van der Waals surface area contributed by atoms with Gasteiger partial charge in [-0.25, -0.2) is 0 Å². The maximum absolute atomic E-state index is 3.91. The fourth-order valence-corrected chi connectivity index (χ4v) is 3.70. The topological polar surface area (TPSA) is 12.0 Å². The van der Waals surface area contributed by atoms with Crippen LogP contribution in [0.3, 0.4) is 0 Å². The SMILES string of the molecule is CCC1CCC(N[C@H](C)C2CCCC2)CC1. The molecule has 0 heterocycles. The molecule has 0 amide bonds. The molecular weight excluding hydrogens is 194 g/mol. The molecule has 1 N–H and O–H groups in total. The average molecular weight is 223 g/mol. The lowest BCUT2D eigenvalue weighted by atomic mass is 9.84. The van der Waals surface area contributed by atoms with Crippen molar-refractivity contribution in [2.75, 3.05) is 0 Å². The van der Waals surface area contributed by atoms with Gasteiger partial charge in [-0.3, -0.25) is 0 Å². The summed E-state index contributed by atoms with van der Waals surface area (Å²) in [6.07, 6.45) is 13.1. The highest BCUT2D eigenvalue weighted by atomic mass is 15.0. The van der Waals surface area contributed by atoms with Gasteiger partial charge < -0.3 is 5.32 Å². The van der Waals surface area contributed by atoms with Gasteiger partial charge in [-0.2, -0.15) is 0 Å². The van der Waals surface area contributed by atoms with E-state index in [0.29, 0.717) is 0 Å². The third-order valence-electron chi connectivity index (χ3n) is 5.03. The van der Waals surface area contributed by atoms with Crippen LogP contribution in [-0.2, 0) is 0 Å². The van der Waals surface area contributed by atoms with Crippen LogP contribution in [-0.4, -0.2) is 12.1 Å². The van der Waals surface area contributed by atoms with E-state index in [1.807, 2.05) is 0 Å². The molecule has 1 heteroatoms. The minimum atomic E-state index is 0.769.